The minimum Gasteiger partial charge on any atom is -0.491 e. The number of nitrogens with zero attached hydrogens (tertiary/aromatic N) is 3. The van der Waals surface area contributed by atoms with Crippen LogP contribution in [0.1, 0.15) is 50.5 Å². The first-order valence-electron chi connectivity index (χ1n) is 12.0. The van der Waals surface area contributed by atoms with Crippen LogP contribution < -0.4 is 15.8 Å². The molecule has 0 spiro atoms. The lowest BCUT2D eigenvalue weighted by atomic mass is 10.0. The normalized spacial score (nSPS) is 13.5. The van der Waals surface area contributed by atoms with E-state index in [1.807, 2.05) is 0 Å². The zero-order valence-electron chi connectivity index (χ0n) is 21.1. The number of primary amides is 1. The maximum absolute atomic E-state index is 13.6. The van der Waals surface area contributed by atoms with Gasteiger partial charge in [0.2, 0.25) is 0 Å². The summed E-state index contributed by atoms with van der Waals surface area (Å²) in [7, 11) is 0. The van der Waals surface area contributed by atoms with Crippen LogP contribution in [0.3, 0.4) is 0 Å². The third kappa shape index (κ3) is 5.23. The molecule has 2 aromatic carbocycles. The van der Waals surface area contributed by atoms with E-state index >= 15 is 0 Å². The number of carbonyl (C=O) groups excluding carboxylic acids is 2. The molecular weight excluding hydrogens is 505 g/mol. The Morgan fingerprint density at radius 1 is 1.26 bits per heavy atom. The number of aryl methyl sites for hydroxylation is 1. The molecule has 5 rings (SSSR count). The number of fused-ring (bicyclic) bond motifs is 3. The molecule has 1 aliphatic heterocycles. The van der Waals surface area contributed by atoms with Gasteiger partial charge in [0.25, 0.3) is 11.8 Å². The van der Waals surface area contributed by atoms with E-state index in [-0.39, 0.29) is 36.8 Å². The summed E-state index contributed by atoms with van der Waals surface area (Å²) in [6.45, 7) is 3.67. The lowest BCUT2D eigenvalue weighted by Gasteiger charge is -2.11. The fourth-order valence-electron chi connectivity index (χ4n) is 4.20. The van der Waals surface area contributed by atoms with Crippen LogP contribution in [0.2, 0.25) is 0 Å². The van der Waals surface area contributed by atoms with E-state index < -0.39 is 23.2 Å². The Morgan fingerprint density at radius 2 is 2.08 bits per heavy atom. The number of hydrogen-bond acceptors (Lipinski definition) is 7. The summed E-state index contributed by atoms with van der Waals surface area (Å²) in [5, 5.41) is 17.3. The van der Waals surface area contributed by atoms with Crippen LogP contribution in [0.25, 0.3) is 11.4 Å². The zero-order valence-corrected chi connectivity index (χ0v) is 21.1. The number of benzene rings is 2. The van der Waals surface area contributed by atoms with Crippen molar-refractivity contribution in [2.24, 2.45) is 5.73 Å². The van der Waals surface area contributed by atoms with E-state index in [0.717, 1.165) is 0 Å². The Hall–Kier alpha value is -4.95. The van der Waals surface area contributed by atoms with Gasteiger partial charge < -0.3 is 30.0 Å². The molecule has 0 radical (unpaired) electrons. The number of nitrogens with one attached hydrogen (secondary N) is 1. The number of aromatic nitrogens is 3. The molecule has 2 aromatic heterocycles. The highest BCUT2D eigenvalue weighted by Crippen LogP contribution is 2.34. The highest BCUT2D eigenvalue weighted by molar-refractivity contribution is 6.05. The molecule has 2 amide bonds. The molecule has 1 aliphatic rings. The standard InChI is InChI=1S/C28H24FN5O5/c1-16-12-22(33-39-16)28(2,37)9-8-17-6-7-21-20(14-17)26-32-23(25(30)35)24(34(26)10-11-38-21)27(36)31-15-18-4-3-5-19(29)13-18/h3-7,12-14,37H,10-11,15H2,1-2H3,(H2,30,35)(H,31,36)/t28-/m1/s1. The highest BCUT2D eigenvalue weighted by atomic mass is 19.1. The van der Waals surface area contributed by atoms with Gasteiger partial charge in [-0.25, -0.2) is 9.37 Å². The second-order valence-electron chi connectivity index (χ2n) is 9.17. The Bertz CT molecular complexity index is 1660. The molecule has 0 unspecified atom stereocenters. The fourth-order valence-corrected chi connectivity index (χ4v) is 4.20. The Labute approximate surface area is 222 Å². The van der Waals surface area contributed by atoms with Gasteiger partial charge in [-0.1, -0.05) is 29.1 Å². The number of rotatable bonds is 5. The lowest BCUT2D eigenvalue weighted by molar-refractivity contribution is 0.0923. The zero-order chi connectivity index (χ0) is 27.7. The third-order valence-electron chi connectivity index (χ3n) is 6.13. The molecule has 1 atom stereocenters. The molecule has 11 heteroatoms. The lowest BCUT2D eigenvalue weighted by Crippen LogP contribution is -2.29. The molecular formula is C28H24FN5O5. The van der Waals surface area contributed by atoms with E-state index in [2.05, 4.69) is 27.3 Å². The third-order valence-corrected chi connectivity index (χ3v) is 6.13. The second kappa shape index (κ2) is 10.1. The summed E-state index contributed by atoms with van der Waals surface area (Å²) < 4.78 is 26.0. The van der Waals surface area contributed by atoms with Gasteiger partial charge in [0, 0.05) is 18.2 Å². The molecule has 3 heterocycles. The number of halogens is 1. The maximum Gasteiger partial charge on any atom is 0.270 e. The van der Waals surface area contributed by atoms with Crippen LogP contribution in [0.4, 0.5) is 4.39 Å². The van der Waals surface area contributed by atoms with Crippen LogP contribution in [0.15, 0.2) is 53.1 Å². The number of ether oxygens (including phenoxy) is 1. The first kappa shape index (κ1) is 25.7. The molecule has 0 bridgehead atoms. The van der Waals surface area contributed by atoms with Crippen molar-refractivity contribution in [1.29, 1.82) is 0 Å². The van der Waals surface area contributed by atoms with Crippen molar-refractivity contribution in [1.82, 2.24) is 20.0 Å². The van der Waals surface area contributed by atoms with Crippen molar-refractivity contribution in [2.45, 2.75) is 32.5 Å². The number of nitrogens with two attached hydrogens (primary N) is 1. The van der Waals surface area contributed by atoms with Gasteiger partial charge >= 0.3 is 0 Å². The quantitative estimate of drug-likeness (QED) is 0.337. The van der Waals surface area contributed by atoms with Gasteiger partial charge in [-0.15, -0.1) is 0 Å². The minimum atomic E-state index is -1.56. The summed E-state index contributed by atoms with van der Waals surface area (Å²) in [5.74, 6) is 5.15. The highest BCUT2D eigenvalue weighted by Gasteiger charge is 2.30. The number of carbonyl (C=O) groups is 2. The van der Waals surface area contributed by atoms with E-state index in [1.54, 1.807) is 41.8 Å². The fraction of sp³-hybridized carbons (Fsp3) is 0.214. The van der Waals surface area contributed by atoms with E-state index in [9.17, 15) is 19.1 Å². The monoisotopic (exact) mass is 529 g/mol. The molecule has 0 aliphatic carbocycles. The Morgan fingerprint density at radius 3 is 2.79 bits per heavy atom. The summed E-state index contributed by atoms with van der Waals surface area (Å²) >= 11 is 0. The Balaban J connectivity index is 1.51. The van der Waals surface area contributed by atoms with Crippen molar-refractivity contribution in [2.75, 3.05) is 6.61 Å². The van der Waals surface area contributed by atoms with Crippen molar-refractivity contribution in [3.05, 3.63) is 88.3 Å². The van der Waals surface area contributed by atoms with Crippen molar-refractivity contribution in [3.8, 4) is 29.0 Å². The van der Waals surface area contributed by atoms with Gasteiger partial charge in [0.1, 0.15) is 41.1 Å². The smallest absolute Gasteiger partial charge is 0.270 e. The average Bonchev–Trinajstić information content (AvgIpc) is 3.47. The summed E-state index contributed by atoms with van der Waals surface area (Å²) in [6.07, 6.45) is 0. The van der Waals surface area contributed by atoms with Crippen LogP contribution >= 0.6 is 0 Å². The summed E-state index contributed by atoms with van der Waals surface area (Å²) in [5.41, 5.74) is 5.65. The van der Waals surface area contributed by atoms with Gasteiger partial charge in [0.05, 0.1) is 12.1 Å². The number of amides is 2. The number of hydrogen-bond donors (Lipinski definition) is 3. The first-order chi connectivity index (χ1) is 18.6. The van der Waals surface area contributed by atoms with Crippen LogP contribution in [-0.4, -0.2) is 38.2 Å². The van der Waals surface area contributed by atoms with E-state index in [0.29, 0.717) is 34.0 Å². The Kier molecular flexibility index (Phi) is 6.64. The molecule has 10 nitrogen and oxygen atoms in total. The number of imidazole rings is 1. The summed E-state index contributed by atoms with van der Waals surface area (Å²) in [4.78, 5) is 29.9. The van der Waals surface area contributed by atoms with Crippen molar-refractivity contribution < 1.29 is 28.3 Å². The van der Waals surface area contributed by atoms with Gasteiger partial charge in [-0.05, 0) is 49.7 Å². The molecule has 0 saturated carbocycles. The number of aliphatic hydroxyl groups is 1. The predicted octanol–water partition coefficient (Wildman–Crippen LogP) is 2.67. The van der Waals surface area contributed by atoms with E-state index in [1.165, 1.54) is 25.1 Å². The largest absolute Gasteiger partial charge is 0.491 e. The van der Waals surface area contributed by atoms with Gasteiger partial charge in [0.15, 0.2) is 11.3 Å². The molecule has 198 valence electrons. The molecule has 0 fully saturated rings. The minimum absolute atomic E-state index is 0.0221. The molecule has 0 saturated heterocycles. The van der Waals surface area contributed by atoms with Crippen molar-refractivity contribution in [3.63, 3.8) is 0 Å². The van der Waals surface area contributed by atoms with E-state index in [4.69, 9.17) is 15.0 Å². The molecule has 4 aromatic rings. The van der Waals surface area contributed by atoms with Crippen molar-refractivity contribution >= 4 is 11.8 Å². The van der Waals surface area contributed by atoms with Gasteiger partial charge in [-0.2, -0.15) is 0 Å². The van der Waals surface area contributed by atoms with Crippen LogP contribution in [0.5, 0.6) is 5.75 Å². The van der Waals surface area contributed by atoms with Gasteiger partial charge in [-0.3, -0.25) is 9.59 Å². The van der Waals surface area contributed by atoms with Crippen LogP contribution in [-0.2, 0) is 18.7 Å². The molecule has 4 N–H and O–H groups in total. The average molecular weight is 530 g/mol. The SMILES string of the molecule is Cc1cc([C@](C)(O)C#Cc2ccc3c(c2)-c2nc(C(N)=O)c(C(=O)NCc4cccc(F)c4)n2CCO3)no1. The second-order valence-corrected chi connectivity index (χ2v) is 9.17. The van der Waals surface area contributed by atoms with Crippen LogP contribution in [0, 0.1) is 24.6 Å². The maximum atomic E-state index is 13.6. The predicted molar refractivity (Wildman–Crippen MR) is 137 cm³/mol. The summed E-state index contributed by atoms with van der Waals surface area (Å²) in [6, 6.07) is 12.5. The topological polar surface area (TPSA) is 146 Å². The first-order valence-corrected chi connectivity index (χ1v) is 12.0. The molecule has 39 heavy (non-hydrogen) atoms.